The van der Waals surface area contributed by atoms with Crippen LogP contribution in [0.2, 0.25) is 0 Å². The van der Waals surface area contributed by atoms with Gasteiger partial charge in [0, 0.05) is 32.3 Å². The van der Waals surface area contributed by atoms with E-state index in [4.69, 9.17) is 5.11 Å². The van der Waals surface area contributed by atoms with Crippen LogP contribution in [-0.2, 0) is 10.0 Å². The Hall–Kier alpha value is -0.950. The van der Waals surface area contributed by atoms with Gasteiger partial charge in [-0.25, -0.2) is 8.42 Å². The van der Waals surface area contributed by atoms with Crippen LogP contribution in [0.15, 0.2) is 29.2 Å². The highest BCUT2D eigenvalue weighted by molar-refractivity contribution is 7.89. The number of piperazine rings is 1. The molecule has 1 heterocycles. The van der Waals surface area contributed by atoms with Crippen LogP contribution >= 0.6 is 0 Å². The molecule has 0 unspecified atom stereocenters. The van der Waals surface area contributed by atoms with E-state index in [1.165, 1.54) is 4.31 Å². The normalized spacial score (nSPS) is 22.1. The fraction of sp³-hybridized carbons (Fsp3) is 0.571. The molecule has 112 valence electrons. The second kappa shape index (κ2) is 6.22. The number of rotatable bonds is 4. The number of sulfonamides is 1. The van der Waals surface area contributed by atoms with Crippen molar-refractivity contribution in [2.75, 3.05) is 33.3 Å². The molecule has 1 atom stereocenters. The summed E-state index contributed by atoms with van der Waals surface area (Å²) in [7, 11) is -1.46. The van der Waals surface area contributed by atoms with E-state index in [1.54, 1.807) is 18.2 Å². The second-order valence-corrected chi connectivity index (χ2v) is 7.26. The van der Waals surface area contributed by atoms with Gasteiger partial charge in [-0.1, -0.05) is 12.1 Å². The molecule has 1 aromatic carbocycles. The molecule has 1 aliphatic heterocycles. The fourth-order valence-electron chi connectivity index (χ4n) is 2.52. The Kier molecular flexibility index (Phi) is 4.80. The van der Waals surface area contributed by atoms with Gasteiger partial charge in [0.25, 0.3) is 0 Å². The van der Waals surface area contributed by atoms with Gasteiger partial charge in [0.05, 0.1) is 4.90 Å². The van der Waals surface area contributed by atoms with E-state index in [0.29, 0.717) is 31.0 Å². The van der Waals surface area contributed by atoms with Crippen LogP contribution < -0.4 is 0 Å². The first-order valence-corrected chi connectivity index (χ1v) is 8.27. The van der Waals surface area contributed by atoms with Gasteiger partial charge in [-0.3, -0.25) is 0 Å². The number of hydrogen-bond acceptors (Lipinski definition) is 4. The van der Waals surface area contributed by atoms with Crippen LogP contribution in [0.25, 0.3) is 0 Å². The molecule has 5 nitrogen and oxygen atoms in total. The minimum atomic E-state index is -3.43. The molecule has 1 aromatic rings. The van der Waals surface area contributed by atoms with E-state index < -0.39 is 10.0 Å². The van der Waals surface area contributed by atoms with Crippen molar-refractivity contribution < 1.29 is 13.5 Å². The van der Waals surface area contributed by atoms with Crippen LogP contribution in [-0.4, -0.2) is 62.1 Å². The quantitative estimate of drug-likeness (QED) is 0.888. The summed E-state index contributed by atoms with van der Waals surface area (Å²) in [5, 5.41) is 9.08. The summed E-state index contributed by atoms with van der Waals surface area (Å²) in [6.07, 6.45) is 0.594. The maximum Gasteiger partial charge on any atom is 0.243 e. The van der Waals surface area contributed by atoms with E-state index in [0.717, 1.165) is 5.56 Å². The van der Waals surface area contributed by atoms with Crippen molar-refractivity contribution in [3.8, 4) is 0 Å². The van der Waals surface area contributed by atoms with Gasteiger partial charge in [0.2, 0.25) is 10.0 Å². The number of aliphatic hydroxyl groups is 1. The predicted octanol–water partition coefficient (Wildman–Crippen LogP) is 0.682. The minimum Gasteiger partial charge on any atom is -0.396 e. The zero-order chi connectivity index (χ0) is 14.8. The monoisotopic (exact) mass is 298 g/mol. The first kappa shape index (κ1) is 15.4. The molecule has 0 amide bonds. The molecule has 0 bridgehead atoms. The van der Waals surface area contributed by atoms with Gasteiger partial charge in [0.15, 0.2) is 0 Å². The Morgan fingerprint density at radius 3 is 2.75 bits per heavy atom. The lowest BCUT2D eigenvalue weighted by Gasteiger charge is -2.38. The van der Waals surface area contributed by atoms with Gasteiger partial charge >= 0.3 is 0 Å². The lowest BCUT2D eigenvalue weighted by atomic mass is 10.1. The summed E-state index contributed by atoms with van der Waals surface area (Å²) < 4.78 is 26.8. The maximum atomic E-state index is 12.6. The van der Waals surface area contributed by atoms with Crippen molar-refractivity contribution >= 4 is 10.0 Å². The molecule has 6 heteroatoms. The Morgan fingerprint density at radius 2 is 2.10 bits per heavy atom. The molecule has 1 aliphatic rings. The molecule has 0 aliphatic carbocycles. The zero-order valence-electron chi connectivity index (χ0n) is 12.0. The van der Waals surface area contributed by atoms with Gasteiger partial charge < -0.3 is 10.0 Å². The Bertz CT molecular complexity index is 559. The van der Waals surface area contributed by atoms with Crippen LogP contribution in [0, 0.1) is 6.92 Å². The lowest BCUT2D eigenvalue weighted by Crippen LogP contribution is -2.53. The van der Waals surface area contributed by atoms with Crippen molar-refractivity contribution in [2.45, 2.75) is 24.3 Å². The zero-order valence-corrected chi connectivity index (χ0v) is 12.8. The van der Waals surface area contributed by atoms with Gasteiger partial charge in [0.1, 0.15) is 0 Å². The van der Waals surface area contributed by atoms with Gasteiger partial charge in [-0.05, 0) is 38.1 Å². The smallest absolute Gasteiger partial charge is 0.243 e. The average molecular weight is 298 g/mol. The Morgan fingerprint density at radius 1 is 1.35 bits per heavy atom. The van der Waals surface area contributed by atoms with Crippen molar-refractivity contribution in [1.82, 2.24) is 9.21 Å². The Labute approximate surface area is 120 Å². The number of hydrogen-bond donors (Lipinski definition) is 1. The van der Waals surface area contributed by atoms with E-state index in [-0.39, 0.29) is 12.6 Å². The van der Waals surface area contributed by atoms with Crippen molar-refractivity contribution in [3.63, 3.8) is 0 Å². The highest BCUT2D eigenvalue weighted by atomic mass is 32.2. The second-order valence-electron chi connectivity index (χ2n) is 5.33. The summed E-state index contributed by atoms with van der Waals surface area (Å²) in [5.41, 5.74) is 0.937. The largest absolute Gasteiger partial charge is 0.396 e. The third-order valence-corrected chi connectivity index (χ3v) is 5.69. The van der Waals surface area contributed by atoms with Crippen LogP contribution in [0.1, 0.15) is 12.0 Å². The number of aliphatic hydroxyl groups excluding tert-OH is 1. The molecule has 1 saturated heterocycles. The summed E-state index contributed by atoms with van der Waals surface area (Å²) in [5.74, 6) is 0. The fourth-order valence-corrected chi connectivity index (χ4v) is 4.10. The van der Waals surface area contributed by atoms with Crippen LogP contribution in [0.3, 0.4) is 0 Å². The highest BCUT2D eigenvalue weighted by Crippen LogP contribution is 2.21. The van der Waals surface area contributed by atoms with E-state index in [9.17, 15) is 8.42 Å². The van der Waals surface area contributed by atoms with Crippen molar-refractivity contribution in [2.24, 2.45) is 0 Å². The van der Waals surface area contributed by atoms with E-state index >= 15 is 0 Å². The predicted molar refractivity (Wildman–Crippen MR) is 78.1 cm³/mol. The molecule has 1 fully saturated rings. The summed E-state index contributed by atoms with van der Waals surface area (Å²) in [6.45, 7) is 3.59. The first-order chi connectivity index (χ1) is 9.45. The SMILES string of the molecule is Cc1cccc(S(=O)(=O)N2CCN(C)[C@H](CCO)C2)c1. The average Bonchev–Trinajstić information content (AvgIpc) is 2.41. The Balaban J connectivity index is 2.22. The maximum absolute atomic E-state index is 12.6. The van der Waals surface area contributed by atoms with Crippen molar-refractivity contribution in [1.29, 1.82) is 0 Å². The molecule has 0 saturated carbocycles. The van der Waals surface area contributed by atoms with E-state index in [2.05, 4.69) is 4.90 Å². The van der Waals surface area contributed by atoms with Crippen molar-refractivity contribution in [3.05, 3.63) is 29.8 Å². The minimum absolute atomic E-state index is 0.0767. The third kappa shape index (κ3) is 3.20. The molecule has 1 N–H and O–H groups in total. The topological polar surface area (TPSA) is 60.9 Å². The van der Waals surface area contributed by atoms with Gasteiger partial charge in [-0.2, -0.15) is 4.31 Å². The molecule has 0 radical (unpaired) electrons. The van der Waals surface area contributed by atoms with E-state index in [1.807, 2.05) is 20.0 Å². The molecular weight excluding hydrogens is 276 g/mol. The number of likely N-dealkylation sites (N-methyl/N-ethyl adjacent to an activating group) is 1. The summed E-state index contributed by atoms with van der Waals surface area (Å²) in [4.78, 5) is 2.46. The summed E-state index contributed by atoms with van der Waals surface area (Å²) in [6, 6.07) is 7.07. The molecule has 20 heavy (non-hydrogen) atoms. The number of nitrogens with zero attached hydrogens (tertiary/aromatic N) is 2. The third-order valence-electron chi connectivity index (χ3n) is 3.83. The molecule has 0 spiro atoms. The van der Waals surface area contributed by atoms with Crippen LogP contribution in [0.5, 0.6) is 0 Å². The number of aryl methyl sites for hydroxylation is 1. The molecule has 0 aromatic heterocycles. The number of benzene rings is 1. The first-order valence-electron chi connectivity index (χ1n) is 6.83. The van der Waals surface area contributed by atoms with Gasteiger partial charge in [-0.15, -0.1) is 0 Å². The highest BCUT2D eigenvalue weighted by Gasteiger charge is 2.32. The molecule has 2 rings (SSSR count). The van der Waals surface area contributed by atoms with Crippen LogP contribution in [0.4, 0.5) is 0 Å². The standard InChI is InChI=1S/C14H22N2O3S/c1-12-4-3-5-14(10-12)20(18,19)16-8-7-15(2)13(11-16)6-9-17/h3-5,10,13,17H,6-9,11H2,1-2H3/t13-/m1/s1. The molecular formula is C14H22N2O3S. The summed E-state index contributed by atoms with van der Waals surface area (Å²) >= 11 is 0. The lowest BCUT2D eigenvalue weighted by molar-refractivity contribution is 0.120.